The molecule has 112 valence electrons. The second kappa shape index (κ2) is 7.21. The van der Waals surface area contributed by atoms with Crippen molar-refractivity contribution in [3.63, 3.8) is 0 Å². The quantitative estimate of drug-likeness (QED) is 0.640. The summed E-state index contributed by atoms with van der Waals surface area (Å²) in [7, 11) is 0. The lowest BCUT2D eigenvalue weighted by Crippen LogP contribution is -2.29. The van der Waals surface area contributed by atoms with Crippen LogP contribution in [0.5, 0.6) is 5.75 Å². The summed E-state index contributed by atoms with van der Waals surface area (Å²) in [5, 5.41) is 1.16. The number of halogens is 4. The van der Waals surface area contributed by atoms with Crippen LogP contribution in [0.3, 0.4) is 0 Å². The van der Waals surface area contributed by atoms with Crippen molar-refractivity contribution in [2.45, 2.75) is 19.1 Å². The number of hydrogen-bond acceptors (Lipinski definition) is 2. The predicted octanol–water partition coefficient (Wildman–Crippen LogP) is 5.88. The van der Waals surface area contributed by atoms with Crippen molar-refractivity contribution in [1.82, 2.24) is 0 Å². The molecule has 0 saturated carbocycles. The van der Waals surface area contributed by atoms with Crippen molar-refractivity contribution in [2.24, 2.45) is 5.73 Å². The maximum Gasteiger partial charge on any atom is 0.140 e. The summed E-state index contributed by atoms with van der Waals surface area (Å²) >= 11 is 21.5. The second-order valence-electron chi connectivity index (χ2n) is 4.65. The molecule has 2 N–H and O–H groups in total. The van der Waals surface area contributed by atoms with Gasteiger partial charge in [-0.25, -0.2) is 0 Å². The van der Waals surface area contributed by atoms with Gasteiger partial charge >= 0.3 is 0 Å². The van der Waals surface area contributed by atoms with Gasteiger partial charge in [0, 0.05) is 16.6 Å². The van der Waals surface area contributed by atoms with E-state index in [0.29, 0.717) is 20.8 Å². The third kappa shape index (κ3) is 4.27. The first-order chi connectivity index (χ1) is 9.88. The minimum absolute atomic E-state index is 0.232. The SMILES string of the molecule is CC(N)C(Oc1cc(Cl)c(Cl)cc1Cl)c1cccc(Br)c1. The Balaban J connectivity index is 2.35. The molecule has 2 aromatic carbocycles. The van der Waals surface area contributed by atoms with Crippen molar-refractivity contribution in [3.8, 4) is 5.75 Å². The Morgan fingerprint density at radius 2 is 1.71 bits per heavy atom. The van der Waals surface area contributed by atoms with E-state index in [9.17, 15) is 0 Å². The first-order valence-electron chi connectivity index (χ1n) is 6.20. The summed E-state index contributed by atoms with van der Waals surface area (Å²) < 4.78 is 6.92. The molecule has 0 amide bonds. The first-order valence-corrected chi connectivity index (χ1v) is 8.13. The molecule has 2 aromatic rings. The molecule has 0 radical (unpaired) electrons. The van der Waals surface area contributed by atoms with Crippen molar-refractivity contribution < 1.29 is 4.74 Å². The Morgan fingerprint density at radius 3 is 2.33 bits per heavy atom. The minimum atomic E-state index is -0.350. The van der Waals surface area contributed by atoms with Crippen LogP contribution in [-0.2, 0) is 0 Å². The van der Waals surface area contributed by atoms with Gasteiger partial charge in [0.2, 0.25) is 0 Å². The van der Waals surface area contributed by atoms with Crippen LogP contribution in [0.25, 0.3) is 0 Å². The molecule has 6 heteroatoms. The van der Waals surface area contributed by atoms with E-state index in [1.54, 1.807) is 12.1 Å². The Hall–Kier alpha value is -0.450. The molecule has 0 aliphatic rings. The minimum Gasteiger partial charge on any atom is -0.482 e. The van der Waals surface area contributed by atoms with Gasteiger partial charge in [0.25, 0.3) is 0 Å². The third-order valence-corrected chi connectivity index (χ3v) is 4.39. The molecule has 2 unspecified atom stereocenters. The fourth-order valence-electron chi connectivity index (χ4n) is 1.89. The highest BCUT2D eigenvalue weighted by Gasteiger charge is 2.20. The van der Waals surface area contributed by atoms with E-state index in [1.807, 2.05) is 31.2 Å². The molecule has 21 heavy (non-hydrogen) atoms. The normalized spacial score (nSPS) is 13.8. The van der Waals surface area contributed by atoms with Crippen LogP contribution in [0.1, 0.15) is 18.6 Å². The highest BCUT2D eigenvalue weighted by molar-refractivity contribution is 9.10. The first kappa shape index (κ1) is 16.9. The summed E-state index contributed by atoms with van der Waals surface area (Å²) in [5.74, 6) is 0.452. The van der Waals surface area contributed by atoms with Crippen molar-refractivity contribution >= 4 is 50.7 Å². The average Bonchev–Trinajstić information content (AvgIpc) is 2.41. The van der Waals surface area contributed by atoms with E-state index in [-0.39, 0.29) is 12.1 Å². The lowest BCUT2D eigenvalue weighted by atomic mass is 10.0. The number of hydrogen-bond donors (Lipinski definition) is 1. The maximum atomic E-state index is 6.15. The summed E-state index contributed by atoms with van der Waals surface area (Å²) in [5.41, 5.74) is 6.99. The molecule has 0 fully saturated rings. The fourth-order valence-corrected chi connectivity index (χ4v) is 2.89. The molecule has 0 bridgehead atoms. The highest BCUT2D eigenvalue weighted by Crippen LogP contribution is 2.37. The zero-order valence-electron chi connectivity index (χ0n) is 11.1. The van der Waals surface area contributed by atoms with Crippen LogP contribution in [0, 0.1) is 0 Å². The highest BCUT2D eigenvalue weighted by atomic mass is 79.9. The van der Waals surface area contributed by atoms with Gasteiger partial charge in [-0.15, -0.1) is 0 Å². The summed E-state index contributed by atoms with van der Waals surface area (Å²) in [4.78, 5) is 0. The van der Waals surface area contributed by atoms with E-state index in [1.165, 1.54) is 0 Å². The average molecular weight is 410 g/mol. The third-order valence-electron chi connectivity index (χ3n) is 2.88. The molecule has 0 aliphatic heterocycles. The molecule has 0 heterocycles. The lowest BCUT2D eigenvalue weighted by molar-refractivity contribution is 0.180. The fraction of sp³-hybridized carbons (Fsp3) is 0.200. The Kier molecular flexibility index (Phi) is 5.81. The molecule has 0 saturated heterocycles. The molecule has 2 atom stereocenters. The van der Waals surface area contributed by atoms with Gasteiger partial charge in [0.15, 0.2) is 0 Å². The molecule has 2 nitrogen and oxygen atoms in total. The van der Waals surface area contributed by atoms with Gasteiger partial charge in [-0.2, -0.15) is 0 Å². The second-order valence-corrected chi connectivity index (χ2v) is 6.79. The van der Waals surface area contributed by atoms with Crippen LogP contribution in [0.4, 0.5) is 0 Å². The van der Waals surface area contributed by atoms with E-state index in [0.717, 1.165) is 10.0 Å². The van der Waals surface area contributed by atoms with Crippen LogP contribution in [0.15, 0.2) is 40.9 Å². The van der Waals surface area contributed by atoms with Crippen LogP contribution >= 0.6 is 50.7 Å². The maximum absolute atomic E-state index is 6.15. The van der Waals surface area contributed by atoms with Gasteiger partial charge in [0.05, 0.1) is 15.1 Å². The number of benzene rings is 2. The molecule has 0 aliphatic carbocycles. The smallest absolute Gasteiger partial charge is 0.140 e. The summed E-state index contributed by atoms with van der Waals surface area (Å²) in [6.45, 7) is 1.87. The Labute approximate surface area is 147 Å². The number of ether oxygens (including phenoxy) is 1. The van der Waals surface area contributed by atoms with E-state index in [2.05, 4.69) is 15.9 Å². The van der Waals surface area contributed by atoms with Gasteiger partial charge in [-0.3, -0.25) is 0 Å². The Morgan fingerprint density at radius 1 is 1.05 bits per heavy atom. The zero-order chi connectivity index (χ0) is 15.6. The predicted molar refractivity (Wildman–Crippen MR) is 92.6 cm³/mol. The van der Waals surface area contributed by atoms with Crippen molar-refractivity contribution in [1.29, 1.82) is 0 Å². The summed E-state index contributed by atoms with van der Waals surface area (Å²) in [6.07, 6.45) is -0.350. The van der Waals surface area contributed by atoms with Gasteiger partial charge < -0.3 is 10.5 Å². The van der Waals surface area contributed by atoms with Gasteiger partial charge in [0.1, 0.15) is 11.9 Å². The topological polar surface area (TPSA) is 35.2 Å². The number of nitrogens with two attached hydrogens (primary N) is 1. The lowest BCUT2D eigenvalue weighted by Gasteiger charge is -2.24. The number of rotatable bonds is 4. The standard InChI is InChI=1S/C15H13BrCl3NO/c1-8(20)15(9-3-2-4-10(16)5-9)21-14-7-12(18)11(17)6-13(14)19/h2-8,15H,20H2,1H3. The van der Waals surface area contributed by atoms with Crippen LogP contribution < -0.4 is 10.5 Å². The van der Waals surface area contributed by atoms with E-state index >= 15 is 0 Å². The molecule has 0 aromatic heterocycles. The molecular formula is C15H13BrCl3NO. The Bertz CT molecular complexity index is 649. The van der Waals surface area contributed by atoms with E-state index in [4.69, 9.17) is 45.3 Å². The molecule has 2 rings (SSSR count). The van der Waals surface area contributed by atoms with Crippen LogP contribution in [-0.4, -0.2) is 6.04 Å². The molecular weight excluding hydrogens is 396 g/mol. The van der Waals surface area contributed by atoms with E-state index < -0.39 is 0 Å². The summed E-state index contributed by atoms with van der Waals surface area (Å²) in [6, 6.07) is 10.7. The van der Waals surface area contributed by atoms with Crippen molar-refractivity contribution in [3.05, 3.63) is 61.5 Å². The van der Waals surface area contributed by atoms with Gasteiger partial charge in [-0.05, 0) is 30.7 Å². The van der Waals surface area contributed by atoms with Gasteiger partial charge in [-0.1, -0.05) is 62.9 Å². The monoisotopic (exact) mass is 407 g/mol. The zero-order valence-corrected chi connectivity index (χ0v) is 15.0. The van der Waals surface area contributed by atoms with Crippen molar-refractivity contribution in [2.75, 3.05) is 0 Å². The van der Waals surface area contributed by atoms with Crippen LogP contribution in [0.2, 0.25) is 15.1 Å². The largest absolute Gasteiger partial charge is 0.482 e. The molecule has 0 spiro atoms.